The van der Waals surface area contributed by atoms with Gasteiger partial charge in [0.15, 0.2) is 0 Å². The van der Waals surface area contributed by atoms with E-state index in [1.165, 1.54) is 49.3 Å². The van der Waals surface area contributed by atoms with Crippen molar-refractivity contribution in [3.8, 4) is 0 Å². The average molecular weight is 402 g/mol. The van der Waals surface area contributed by atoms with Crippen molar-refractivity contribution in [1.29, 1.82) is 0 Å². The second-order valence-electron chi connectivity index (χ2n) is 8.15. The molecule has 152 valence electrons. The molecule has 0 fully saturated rings. The van der Waals surface area contributed by atoms with Crippen molar-refractivity contribution in [2.75, 3.05) is 0 Å². The number of nitrogens with zero attached hydrogens (tertiary/aromatic N) is 1. The summed E-state index contributed by atoms with van der Waals surface area (Å²) in [5.74, 6) is 0. The molecular weight excluding hydrogens is 374 g/mol. The highest BCUT2D eigenvalue weighted by molar-refractivity contribution is 6.08. The first-order valence-electron chi connectivity index (χ1n) is 11.0. The van der Waals surface area contributed by atoms with Gasteiger partial charge in [-0.2, -0.15) is 0 Å². The smallest absolute Gasteiger partial charge is 0.0541 e. The third kappa shape index (κ3) is 3.09. The van der Waals surface area contributed by atoms with Gasteiger partial charge in [-0.15, -0.1) is 0 Å². The predicted octanol–water partition coefficient (Wildman–Crippen LogP) is 6.17. The Kier molecular flexibility index (Phi) is 4.95. The molecule has 0 saturated carbocycles. The number of benzene rings is 2. The molecule has 0 saturated heterocycles. The van der Waals surface area contributed by atoms with Crippen LogP contribution in [0.2, 0.25) is 0 Å². The van der Waals surface area contributed by atoms with E-state index in [-0.39, 0.29) is 0 Å². The van der Waals surface area contributed by atoms with Crippen LogP contribution in [0.4, 0.5) is 0 Å². The molecule has 0 amide bonds. The Morgan fingerprint density at radius 1 is 1.06 bits per heavy atom. The Morgan fingerprint density at radius 2 is 1.87 bits per heavy atom. The molecule has 1 heterocycles. The van der Waals surface area contributed by atoms with Gasteiger partial charge in [0.2, 0.25) is 0 Å². The molecule has 0 bridgehead atoms. The number of hydrogen-bond donors (Lipinski definition) is 0. The van der Waals surface area contributed by atoms with E-state index in [0.29, 0.717) is 0 Å². The van der Waals surface area contributed by atoms with Crippen molar-refractivity contribution in [2.24, 2.45) is 0 Å². The molecule has 1 heteroatoms. The molecule has 2 aromatic carbocycles. The SMILES string of the molecule is C=C/C=C(\C=CC)n1c2/c(c3ccccc31)=C1/Cc3ccccc3/C1=C(C)\C=C/CC=2. The Morgan fingerprint density at radius 3 is 2.71 bits per heavy atom. The van der Waals surface area contributed by atoms with Crippen LogP contribution in [0.1, 0.15) is 31.4 Å². The lowest BCUT2D eigenvalue weighted by atomic mass is 9.97. The summed E-state index contributed by atoms with van der Waals surface area (Å²) in [6.07, 6.45) is 17.1. The number of hydrogen-bond acceptors (Lipinski definition) is 0. The highest BCUT2D eigenvalue weighted by atomic mass is 15.0. The van der Waals surface area contributed by atoms with Gasteiger partial charge in [0, 0.05) is 16.3 Å². The van der Waals surface area contributed by atoms with Crippen molar-refractivity contribution < 1.29 is 0 Å². The highest BCUT2D eigenvalue weighted by Gasteiger charge is 2.25. The summed E-state index contributed by atoms with van der Waals surface area (Å²) in [5.41, 5.74) is 9.33. The highest BCUT2D eigenvalue weighted by Crippen LogP contribution is 2.40. The molecule has 2 aliphatic rings. The molecule has 5 rings (SSSR count). The Labute approximate surface area is 184 Å². The average Bonchev–Trinajstić information content (AvgIpc) is 3.32. The molecule has 0 radical (unpaired) electrons. The molecule has 2 aliphatic carbocycles. The summed E-state index contributed by atoms with van der Waals surface area (Å²) in [5, 5.41) is 3.94. The standard InChI is InChI=1S/C30H27N/c1-4-12-23(13-5-2)31-27-18-11-9-17-25(27)30-26-20-22-15-7-8-16-24(22)29(26)21(3)14-6-10-19-28(30)31/h4-9,11-19H,1,10,20H2,2-3H3/b13-5?,14-6-,23-12+,28-19?,29-21+,30-26-. The van der Waals surface area contributed by atoms with Crippen LogP contribution in [0.15, 0.2) is 97.1 Å². The van der Waals surface area contributed by atoms with Crippen LogP contribution in [0, 0.1) is 0 Å². The van der Waals surface area contributed by atoms with Crippen LogP contribution >= 0.6 is 0 Å². The summed E-state index contributed by atoms with van der Waals surface area (Å²) in [6, 6.07) is 17.7. The van der Waals surface area contributed by atoms with Gasteiger partial charge in [-0.25, -0.2) is 0 Å². The fraction of sp³-hybridized carbons (Fsp3) is 0.133. The molecule has 31 heavy (non-hydrogen) atoms. The van der Waals surface area contributed by atoms with Crippen molar-refractivity contribution in [3.63, 3.8) is 0 Å². The molecule has 0 unspecified atom stereocenters. The topological polar surface area (TPSA) is 4.93 Å². The van der Waals surface area contributed by atoms with Crippen LogP contribution in [-0.2, 0) is 6.42 Å². The number of rotatable bonds is 3. The summed E-state index contributed by atoms with van der Waals surface area (Å²) in [7, 11) is 0. The maximum absolute atomic E-state index is 3.97. The Bertz CT molecular complexity index is 1450. The van der Waals surface area contributed by atoms with Crippen LogP contribution in [-0.4, -0.2) is 4.57 Å². The molecule has 0 N–H and O–H groups in total. The van der Waals surface area contributed by atoms with E-state index in [1.807, 2.05) is 6.08 Å². The zero-order valence-electron chi connectivity index (χ0n) is 18.2. The van der Waals surface area contributed by atoms with E-state index in [0.717, 1.165) is 18.5 Å². The van der Waals surface area contributed by atoms with Crippen LogP contribution in [0.3, 0.4) is 0 Å². The lowest BCUT2D eigenvalue weighted by molar-refractivity contribution is 1.10. The molecule has 3 aromatic rings. The minimum Gasteiger partial charge on any atom is -0.310 e. The third-order valence-electron chi connectivity index (χ3n) is 6.26. The normalized spacial score (nSPS) is 21.0. The second-order valence-corrected chi connectivity index (χ2v) is 8.15. The molecule has 0 atom stereocenters. The number of para-hydroxylation sites is 1. The lowest BCUT2D eigenvalue weighted by Crippen LogP contribution is -2.31. The summed E-state index contributed by atoms with van der Waals surface area (Å²) >= 11 is 0. The number of allylic oxidation sites excluding steroid dienone is 9. The molecule has 1 aromatic heterocycles. The zero-order chi connectivity index (χ0) is 21.4. The fourth-order valence-corrected chi connectivity index (χ4v) is 5.08. The minimum atomic E-state index is 0.903. The van der Waals surface area contributed by atoms with E-state index < -0.39 is 0 Å². The Balaban J connectivity index is 2.03. The van der Waals surface area contributed by atoms with E-state index in [9.17, 15) is 0 Å². The second kappa shape index (κ2) is 7.92. The predicted molar refractivity (Wildman–Crippen MR) is 135 cm³/mol. The van der Waals surface area contributed by atoms with Crippen LogP contribution in [0.25, 0.3) is 33.8 Å². The maximum atomic E-state index is 3.97. The van der Waals surface area contributed by atoms with Crippen molar-refractivity contribution in [3.05, 3.63) is 119 Å². The van der Waals surface area contributed by atoms with Gasteiger partial charge in [-0.1, -0.05) is 79.4 Å². The van der Waals surface area contributed by atoms with Crippen molar-refractivity contribution in [2.45, 2.75) is 26.7 Å². The molecule has 0 aliphatic heterocycles. The number of fused-ring (bicyclic) bond motifs is 6. The summed E-state index contributed by atoms with van der Waals surface area (Å²) in [4.78, 5) is 0. The van der Waals surface area contributed by atoms with Gasteiger partial charge >= 0.3 is 0 Å². The molecular formula is C30H27N. The van der Waals surface area contributed by atoms with Gasteiger partial charge in [0.1, 0.15) is 0 Å². The first kappa shape index (κ1) is 19.4. The zero-order valence-corrected chi connectivity index (χ0v) is 18.2. The summed E-state index contributed by atoms with van der Waals surface area (Å²) in [6.45, 7) is 8.28. The van der Waals surface area contributed by atoms with Crippen molar-refractivity contribution in [1.82, 2.24) is 4.57 Å². The molecule has 1 nitrogen and oxygen atoms in total. The van der Waals surface area contributed by atoms with E-state index >= 15 is 0 Å². The van der Waals surface area contributed by atoms with Gasteiger partial charge in [-0.3, -0.25) is 0 Å². The first-order valence-corrected chi connectivity index (χ1v) is 11.0. The number of aromatic nitrogens is 1. The largest absolute Gasteiger partial charge is 0.310 e. The first-order chi connectivity index (χ1) is 15.2. The van der Waals surface area contributed by atoms with Gasteiger partial charge in [0.05, 0.1) is 10.9 Å². The summed E-state index contributed by atoms with van der Waals surface area (Å²) < 4.78 is 2.40. The molecule has 0 spiro atoms. The quantitative estimate of drug-likeness (QED) is 0.463. The van der Waals surface area contributed by atoms with Gasteiger partial charge in [-0.05, 0) is 72.8 Å². The maximum Gasteiger partial charge on any atom is 0.0541 e. The monoisotopic (exact) mass is 401 g/mol. The minimum absolute atomic E-state index is 0.903. The van der Waals surface area contributed by atoms with Gasteiger partial charge < -0.3 is 4.57 Å². The Hall–Kier alpha value is -3.58. The lowest BCUT2D eigenvalue weighted by Gasteiger charge is -2.08. The van der Waals surface area contributed by atoms with E-state index in [2.05, 4.69) is 110 Å². The van der Waals surface area contributed by atoms with Gasteiger partial charge in [0.25, 0.3) is 0 Å². The van der Waals surface area contributed by atoms with E-state index in [1.54, 1.807) is 0 Å². The van der Waals surface area contributed by atoms with Crippen molar-refractivity contribution >= 4 is 33.8 Å². The third-order valence-corrected chi connectivity index (χ3v) is 6.26. The fourth-order valence-electron chi connectivity index (χ4n) is 5.08. The van der Waals surface area contributed by atoms with Crippen LogP contribution in [0.5, 0.6) is 0 Å². The van der Waals surface area contributed by atoms with E-state index in [4.69, 9.17) is 0 Å². The van der Waals surface area contributed by atoms with Crippen LogP contribution < -0.4 is 10.6 Å².